The van der Waals surface area contributed by atoms with Gasteiger partial charge in [-0.3, -0.25) is 0 Å². The molecule has 0 atom stereocenters. The van der Waals surface area contributed by atoms with Gasteiger partial charge in [0.15, 0.2) is 0 Å². The van der Waals surface area contributed by atoms with Gasteiger partial charge >= 0.3 is 0 Å². The Morgan fingerprint density at radius 2 is 1.78 bits per heavy atom. The van der Waals surface area contributed by atoms with Crippen LogP contribution in [0.5, 0.6) is 0 Å². The zero-order valence-electron chi connectivity index (χ0n) is 5.08. The van der Waals surface area contributed by atoms with Crippen molar-refractivity contribution in [1.82, 2.24) is 0 Å². The number of rotatable bonds is 1. The molecule has 0 bridgehead atoms. The Labute approximate surface area is 56.0 Å². The molecule has 0 aromatic heterocycles. The molecule has 0 unspecified atom stereocenters. The maximum atomic E-state index is 10.3. The van der Waals surface area contributed by atoms with Gasteiger partial charge in [0.05, 0.1) is 5.25 Å². The average Bonchev–Trinajstić information content (AvgIpc) is 1.90. The summed E-state index contributed by atoms with van der Waals surface area (Å²) in [4.78, 5) is 0. The van der Waals surface area contributed by atoms with Crippen molar-refractivity contribution in [3.05, 3.63) is 0 Å². The molecule has 1 fully saturated rings. The molecular formula is C5H10O3S. The summed E-state index contributed by atoms with van der Waals surface area (Å²) in [7, 11) is -2.20. The van der Waals surface area contributed by atoms with Crippen LogP contribution in [0.2, 0.25) is 0 Å². The Morgan fingerprint density at radius 3 is 2.11 bits per heavy atom. The molecule has 1 heterocycles. The zero-order valence-corrected chi connectivity index (χ0v) is 5.97. The lowest BCUT2D eigenvalue weighted by molar-refractivity contribution is 0.0989. The number of hydrogen-bond acceptors (Lipinski definition) is 3. The minimum Gasteiger partial charge on any atom is -0.381 e. The van der Waals surface area contributed by atoms with Crippen molar-refractivity contribution < 1.29 is 13.2 Å². The van der Waals surface area contributed by atoms with E-state index in [4.69, 9.17) is 4.74 Å². The number of hydrogen-bond donors (Lipinski definition) is 1. The number of ether oxygens (including phenoxy) is 1. The summed E-state index contributed by atoms with van der Waals surface area (Å²) in [6, 6.07) is 0. The van der Waals surface area contributed by atoms with E-state index in [2.05, 4.69) is 0 Å². The number of thiol groups is 1. The minimum absolute atomic E-state index is 0.117. The van der Waals surface area contributed by atoms with Crippen LogP contribution in [-0.4, -0.2) is 26.9 Å². The topological polar surface area (TPSA) is 43.4 Å². The summed E-state index contributed by atoms with van der Waals surface area (Å²) in [6.45, 7) is 1.21. The predicted molar refractivity (Wildman–Crippen MR) is 34.2 cm³/mol. The summed E-state index contributed by atoms with van der Waals surface area (Å²) >= 11 is 0. The summed E-state index contributed by atoms with van der Waals surface area (Å²) in [5, 5.41) is -0.117. The molecule has 1 aliphatic heterocycles. The van der Waals surface area contributed by atoms with Gasteiger partial charge in [-0.1, -0.05) is 0 Å². The molecule has 0 aromatic carbocycles. The van der Waals surface area contributed by atoms with Gasteiger partial charge in [-0.2, -0.15) is 0 Å². The average molecular weight is 150 g/mol. The molecule has 0 spiro atoms. The van der Waals surface area contributed by atoms with Crippen molar-refractivity contribution >= 4 is 10.7 Å². The Kier molecular flexibility index (Phi) is 2.48. The maximum Gasteiger partial charge on any atom is 0.143 e. The van der Waals surface area contributed by atoms with Crippen LogP contribution < -0.4 is 0 Å². The van der Waals surface area contributed by atoms with Crippen LogP contribution >= 0.6 is 0 Å². The van der Waals surface area contributed by atoms with Gasteiger partial charge in [-0.25, -0.2) is 8.42 Å². The van der Waals surface area contributed by atoms with E-state index in [1.54, 1.807) is 0 Å². The third kappa shape index (κ3) is 1.95. The molecule has 0 aromatic rings. The molecule has 0 N–H and O–H groups in total. The van der Waals surface area contributed by atoms with Crippen LogP contribution in [0.1, 0.15) is 12.8 Å². The Bertz CT molecular complexity index is 138. The lowest BCUT2D eigenvalue weighted by atomic mass is 10.2. The van der Waals surface area contributed by atoms with Crippen molar-refractivity contribution in [2.45, 2.75) is 18.1 Å². The largest absolute Gasteiger partial charge is 0.381 e. The molecular weight excluding hydrogens is 140 g/mol. The van der Waals surface area contributed by atoms with Crippen molar-refractivity contribution in [2.75, 3.05) is 13.2 Å². The highest BCUT2D eigenvalue weighted by Crippen LogP contribution is 2.08. The lowest BCUT2D eigenvalue weighted by Gasteiger charge is -2.15. The van der Waals surface area contributed by atoms with E-state index in [1.807, 2.05) is 0 Å². The van der Waals surface area contributed by atoms with E-state index < -0.39 is 10.7 Å². The molecule has 1 saturated heterocycles. The highest BCUT2D eigenvalue weighted by molar-refractivity contribution is 7.73. The van der Waals surface area contributed by atoms with E-state index >= 15 is 0 Å². The molecule has 0 radical (unpaired) electrons. The Balaban J connectivity index is 2.40. The van der Waals surface area contributed by atoms with E-state index in [9.17, 15) is 8.42 Å². The van der Waals surface area contributed by atoms with Crippen molar-refractivity contribution in [3.63, 3.8) is 0 Å². The second-order valence-electron chi connectivity index (χ2n) is 2.13. The SMILES string of the molecule is O=[SH](=O)C1CCOCC1. The van der Waals surface area contributed by atoms with E-state index in [-0.39, 0.29) is 5.25 Å². The van der Waals surface area contributed by atoms with Crippen molar-refractivity contribution in [2.24, 2.45) is 0 Å². The summed E-state index contributed by atoms with van der Waals surface area (Å²) in [5.74, 6) is 0. The summed E-state index contributed by atoms with van der Waals surface area (Å²) in [6.07, 6.45) is 1.36. The Hall–Kier alpha value is -0.0900. The maximum absolute atomic E-state index is 10.3. The Morgan fingerprint density at radius 1 is 1.22 bits per heavy atom. The molecule has 0 aliphatic carbocycles. The molecule has 4 heteroatoms. The molecule has 54 valence electrons. The summed E-state index contributed by atoms with van der Waals surface area (Å²) < 4.78 is 25.7. The second kappa shape index (κ2) is 3.17. The fourth-order valence-electron chi connectivity index (χ4n) is 0.896. The third-order valence-electron chi connectivity index (χ3n) is 1.49. The van der Waals surface area contributed by atoms with E-state index in [0.717, 1.165) is 0 Å². The van der Waals surface area contributed by atoms with Crippen LogP contribution in [0.15, 0.2) is 0 Å². The minimum atomic E-state index is -2.20. The lowest BCUT2D eigenvalue weighted by Crippen LogP contribution is -2.21. The third-order valence-corrected chi connectivity index (χ3v) is 2.60. The van der Waals surface area contributed by atoms with Gasteiger partial charge in [-0.15, -0.1) is 0 Å². The van der Waals surface area contributed by atoms with Crippen LogP contribution in [0.4, 0.5) is 0 Å². The molecule has 0 saturated carbocycles. The van der Waals surface area contributed by atoms with Crippen molar-refractivity contribution in [1.29, 1.82) is 0 Å². The molecule has 9 heavy (non-hydrogen) atoms. The van der Waals surface area contributed by atoms with Gasteiger partial charge < -0.3 is 4.74 Å². The predicted octanol–water partition coefficient (Wildman–Crippen LogP) is -0.223. The van der Waals surface area contributed by atoms with Gasteiger partial charge in [0.25, 0.3) is 0 Å². The van der Waals surface area contributed by atoms with E-state index in [1.165, 1.54) is 0 Å². The monoisotopic (exact) mass is 150 g/mol. The molecule has 3 nitrogen and oxygen atoms in total. The first kappa shape index (κ1) is 7.02. The summed E-state index contributed by atoms with van der Waals surface area (Å²) in [5.41, 5.74) is 0. The standard InChI is InChI=1S/C5H10O3S/c6-9(7)5-1-3-8-4-2-5/h5,9H,1-4H2. The first-order valence-corrected chi connectivity index (χ1v) is 4.26. The fourth-order valence-corrected chi connectivity index (χ4v) is 1.53. The van der Waals surface area contributed by atoms with Gasteiger partial charge in [0, 0.05) is 13.2 Å². The smallest absolute Gasteiger partial charge is 0.143 e. The van der Waals surface area contributed by atoms with Gasteiger partial charge in [-0.05, 0) is 12.8 Å². The highest BCUT2D eigenvalue weighted by atomic mass is 32.2. The van der Waals surface area contributed by atoms with Crippen LogP contribution in [0.3, 0.4) is 0 Å². The van der Waals surface area contributed by atoms with Crippen LogP contribution in [-0.2, 0) is 15.4 Å². The zero-order chi connectivity index (χ0) is 6.69. The fraction of sp³-hybridized carbons (Fsp3) is 1.00. The van der Waals surface area contributed by atoms with Crippen molar-refractivity contribution in [3.8, 4) is 0 Å². The van der Waals surface area contributed by atoms with Crippen LogP contribution in [0, 0.1) is 0 Å². The first-order valence-electron chi connectivity index (χ1n) is 3.02. The normalized spacial score (nSPS) is 22.8. The quantitative estimate of drug-likeness (QED) is 0.525. The highest BCUT2D eigenvalue weighted by Gasteiger charge is 2.15. The van der Waals surface area contributed by atoms with Gasteiger partial charge in [0.1, 0.15) is 10.7 Å². The second-order valence-corrected chi connectivity index (χ2v) is 3.43. The van der Waals surface area contributed by atoms with Gasteiger partial charge in [0.2, 0.25) is 0 Å². The first-order chi connectivity index (χ1) is 4.30. The van der Waals surface area contributed by atoms with Crippen LogP contribution in [0.25, 0.3) is 0 Å². The molecule has 1 rings (SSSR count). The molecule has 1 aliphatic rings. The van der Waals surface area contributed by atoms with E-state index in [0.29, 0.717) is 26.1 Å². The molecule has 0 amide bonds.